The first-order valence-corrected chi connectivity index (χ1v) is 8.86. The number of aliphatic hydroxyl groups is 1. The van der Waals surface area contributed by atoms with E-state index < -0.39 is 6.10 Å². The quantitative estimate of drug-likeness (QED) is 0.937. The van der Waals surface area contributed by atoms with Gasteiger partial charge in [0.1, 0.15) is 0 Å². The summed E-state index contributed by atoms with van der Waals surface area (Å²) in [6.45, 7) is 1.09. The number of likely N-dealkylation sites (tertiary alicyclic amines) is 1. The Morgan fingerprint density at radius 2 is 2.18 bits per heavy atom. The predicted octanol–water partition coefficient (Wildman–Crippen LogP) is 1.96. The normalized spacial score (nSPS) is 21.5. The Balaban J connectivity index is 1.76. The van der Waals surface area contributed by atoms with Crippen molar-refractivity contribution in [2.75, 3.05) is 25.1 Å². The van der Waals surface area contributed by atoms with Gasteiger partial charge in [-0.05, 0) is 30.4 Å². The van der Waals surface area contributed by atoms with Crippen LogP contribution in [0.2, 0.25) is 0 Å². The first-order chi connectivity index (χ1) is 10.7. The third-order valence-electron chi connectivity index (χ3n) is 4.25. The van der Waals surface area contributed by atoms with Gasteiger partial charge in [-0.25, -0.2) is 0 Å². The lowest BCUT2D eigenvalue weighted by molar-refractivity contribution is -0.127. The number of carbonyl (C=O) groups excluding carboxylic acids is 1. The van der Waals surface area contributed by atoms with Gasteiger partial charge in [-0.2, -0.15) is 11.8 Å². The number of pyridine rings is 1. The van der Waals surface area contributed by atoms with Gasteiger partial charge in [0.25, 0.3) is 0 Å². The van der Waals surface area contributed by atoms with E-state index in [4.69, 9.17) is 0 Å². The molecule has 2 atom stereocenters. The monoisotopic (exact) mass is 316 g/mol. The van der Waals surface area contributed by atoms with Crippen molar-refractivity contribution in [3.8, 4) is 0 Å². The lowest BCUT2D eigenvalue weighted by atomic mass is 9.94. The molecule has 116 valence electrons. The molecule has 1 N–H and O–H groups in total. The van der Waals surface area contributed by atoms with Crippen LogP contribution in [-0.4, -0.2) is 52.1 Å². The van der Waals surface area contributed by atoms with Crippen molar-refractivity contribution in [3.05, 3.63) is 42.1 Å². The minimum Gasteiger partial charge on any atom is -0.391 e. The van der Waals surface area contributed by atoms with Gasteiger partial charge in [0, 0.05) is 30.6 Å². The number of para-hydroxylation sites is 1. The van der Waals surface area contributed by atoms with Gasteiger partial charge in [-0.1, -0.05) is 18.2 Å². The molecule has 0 radical (unpaired) electrons. The average Bonchev–Trinajstić information content (AvgIpc) is 2.89. The Labute approximate surface area is 134 Å². The molecule has 5 heteroatoms. The lowest BCUT2D eigenvalue weighted by Crippen LogP contribution is -2.31. The van der Waals surface area contributed by atoms with Crippen LogP contribution in [0.4, 0.5) is 0 Å². The molecule has 1 fully saturated rings. The molecule has 2 aromatic rings. The van der Waals surface area contributed by atoms with Gasteiger partial charge in [0.05, 0.1) is 17.4 Å². The average molecular weight is 316 g/mol. The van der Waals surface area contributed by atoms with Crippen LogP contribution in [0.15, 0.2) is 36.5 Å². The number of amides is 1. The number of β-amino-alcohol motifs (C(OH)–C–C–N with tert-alkyl or cyclic N) is 1. The Kier molecular flexibility index (Phi) is 4.64. The van der Waals surface area contributed by atoms with Crippen LogP contribution in [0, 0.1) is 5.92 Å². The maximum atomic E-state index is 12.0. The number of hydrogen-bond acceptors (Lipinski definition) is 4. The van der Waals surface area contributed by atoms with Gasteiger partial charge in [0.2, 0.25) is 5.91 Å². The third kappa shape index (κ3) is 3.10. The smallest absolute Gasteiger partial charge is 0.232 e. The van der Waals surface area contributed by atoms with Crippen molar-refractivity contribution in [1.82, 2.24) is 9.88 Å². The molecule has 0 spiro atoms. The summed E-state index contributed by atoms with van der Waals surface area (Å²) in [5.74, 6) is 0.697. The molecule has 4 nitrogen and oxygen atoms in total. The number of thioether (sulfide) groups is 1. The van der Waals surface area contributed by atoms with Gasteiger partial charge in [-0.3, -0.25) is 9.78 Å². The van der Waals surface area contributed by atoms with E-state index in [1.54, 1.807) is 4.90 Å². The highest BCUT2D eigenvalue weighted by Gasteiger charge is 2.33. The maximum Gasteiger partial charge on any atom is 0.232 e. The van der Waals surface area contributed by atoms with E-state index in [9.17, 15) is 9.90 Å². The van der Waals surface area contributed by atoms with Crippen LogP contribution in [0.1, 0.15) is 5.56 Å². The van der Waals surface area contributed by atoms with Crippen molar-refractivity contribution in [3.63, 3.8) is 0 Å². The molecule has 0 unspecified atom stereocenters. The van der Waals surface area contributed by atoms with E-state index in [1.807, 2.05) is 36.7 Å². The fourth-order valence-corrected chi connectivity index (χ4v) is 3.52. The second-order valence-corrected chi connectivity index (χ2v) is 6.62. The number of hydrogen-bond donors (Lipinski definition) is 1. The Morgan fingerprint density at radius 1 is 1.36 bits per heavy atom. The predicted molar refractivity (Wildman–Crippen MR) is 89.9 cm³/mol. The van der Waals surface area contributed by atoms with E-state index >= 15 is 0 Å². The molecule has 1 aliphatic heterocycles. The van der Waals surface area contributed by atoms with Crippen LogP contribution in [0.5, 0.6) is 0 Å². The number of aliphatic hydroxyl groups excluding tert-OH is 1. The summed E-state index contributed by atoms with van der Waals surface area (Å²) < 4.78 is 0. The van der Waals surface area contributed by atoms with E-state index in [1.165, 1.54) is 17.3 Å². The van der Waals surface area contributed by atoms with Gasteiger partial charge >= 0.3 is 0 Å². The molecular formula is C17H20N2O2S. The summed E-state index contributed by atoms with van der Waals surface area (Å²) >= 11 is 1.52. The zero-order chi connectivity index (χ0) is 15.5. The fraction of sp³-hybridized carbons (Fsp3) is 0.412. The molecule has 0 bridgehead atoms. The van der Waals surface area contributed by atoms with E-state index in [0.717, 1.165) is 17.3 Å². The molecule has 22 heavy (non-hydrogen) atoms. The van der Waals surface area contributed by atoms with E-state index in [0.29, 0.717) is 18.8 Å². The van der Waals surface area contributed by atoms with E-state index in [-0.39, 0.29) is 11.8 Å². The zero-order valence-corrected chi connectivity index (χ0v) is 13.4. The number of nitrogens with zero attached hydrogens (tertiary/aromatic N) is 2. The number of benzene rings is 1. The number of carbonyl (C=O) groups is 1. The van der Waals surface area contributed by atoms with Crippen molar-refractivity contribution in [2.45, 2.75) is 12.5 Å². The third-order valence-corrected chi connectivity index (χ3v) is 4.78. The van der Waals surface area contributed by atoms with Gasteiger partial charge < -0.3 is 10.0 Å². The lowest BCUT2D eigenvalue weighted by Gasteiger charge is -2.16. The number of rotatable bonds is 4. The molecular weight excluding hydrogens is 296 g/mol. The van der Waals surface area contributed by atoms with Crippen LogP contribution >= 0.6 is 11.8 Å². The minimum absolute atomic E-state index is 0.0941. The van der Waals surface area contributed by atoms with Crippen molar-refractivity contribution in [2.24, 2.45) is 5.92 Å². The maximum absolute atomic E-state index is 12.0. The van der Waals surface area contributed by atoms with Crippen LogP contribution in [0.3, 0.4) is 0 Å². The second kappa shape index (κ2) is 6.67. The molecule has 1 aromatic heterocycles. The molecule has 1 aliphatic rings. The molecule has 1 amide bonds. The molecule has 3 rings (SSSR count). The highest BCUT2D eigenvalue weighted by Crippen LogP contribution is 2.25. The highest BCUT2D eigenvalue weighted by molar-refractivity contribution is 7.99. The second-order valence-electron chi connectivity index (χ2n) is 5.75. The summed E-state index contributed by atoms with van der Waals surface area (Å²) in [6.07, 6.45) is 4.06. The molecule has 2 heterocycles. The summed E-state index contributed by atoms with van der Waals surface area (Å²) in [7, 11) is 0. The van der Waals surface area contributed by atoms with Gasteiger partial charge in [0.15, 0.2) is 0 Å². The summed E-state index contributed by atoms with van der Waals surface area (Å²) in [5.41, 5.74) is 2.16. The minimum atomic E-state index is -0.447. The summed E-state index contributed by atoms with van der Waals surface area (Å²) in [4.78, 5) is 18.1. The molecule has 1 aromatic carbocycles. The zero-order valence-electron chi connectivity index (χ0n) is 12.6. The van der Waals surface area contributed by atoms with Crippen LogP contribution in [-0.2, 0) is 11.2 Å². The SMILES string of the molecule is CSCC(=O)N1C[C@@H](Cc2ccnc3ccccc23)[C@H](O)C1. The Bertz CT molecular complexity index is 671. The molecule has 1 saturated heterocycles. The number of fused-ring (bicyclic) bond motifs is 1. The largest absolute Gasteiger partial charge is 0.391 e. The fourth-order valence-electron chi connectivity index (χ4n) is 3.09. The summed E-state index contributed by atoms with van der Waals surface area (Å²) in [5, 5.41) is 11.4. The topological polar surface area (TPSA) is 53.4 Å². The van der Waals surface area contributed by atoms with Crippen molar-refractivity contribution in [1.29, 1.82) is 0 Å². The summed E-state index contributed by atoms with van der Waals surface area (Å²) in [6, 6.07) is 10.1. The first-order valence-electron chi connectivity index (χ1n) is 7.46. The van der Waals surface area contributed by atoms with Crippen LogP contribution in [0.25, 0.3) is 10.9 Å². The van der Waals surface area contributed by atoms with Gasteiger partial charge in [-0.15, -0.1) is 0 Å². The van der Waals surface area contributed by atoms with Crippen molar-refractivity contribution < 1.29 is 9.90 Å². The molecule has 0 aliphatic carbocycles. The highest BCUT2D eigenvalue weighted by atomic mass is 32.2. The standard InChI is InChI=1S/C17H20N2O2S/c1-22-11-17(21)19-9-13(16(20)10-19)8-12-6-7-18-15-5-3-2-4-14(12)15/h2-7,13,16,20H,8-11H2,1H3/t13-,16-/m1/s1. The molecule has 0 saturated carbocycles. The Morgan fingerprint density at radius 3 is 3.00 bits per heavy atom. The number of aromatic nitrogens is 1. The Hall–Kier alpha value is -1.59. The van der Waals surface area contributed by atoms with E-state index in [2.05, 4.69) is 11.1 Å². The van der Waals surface area contributed by atoms with Crippen LogP contribution < -0.4 is 0 Å². The van der Waals surface area contributed by atoms with Crippen molar-refractivity contribution >= 4 is 28.6 Å². The first kappa shape index (κ1) is 15.3.